The van der Waals surface area contributed by atoms with Crippen molar-refractivity contribution in [1.82, 2.24) is 15.1 Å². The van der Waals surface area contributed by atoms with Crippen LogP contribution >= 0.6 is 24.8 Å². The van der Waals surface area contributed by atoms with Crippen molar-refractivity contribution in [3.63, 3.8) is 0 Å². The zero-order valence-electron chi connectivity index (χ0n) is 17.2. The third kappa shape index (κ3) is 5.26. The van der Waals surface area contributed by atoms with Crippen molar-refractivity contribution in [2.75, 3.05) is 30.4 Å². The molecule has 12 heteroatoms. The number of pyridine rings is 1. The van der Waals surface area contributed by atoms with E-state index in [0.717, 1.165) is 25.1 Å². The molecule has 0 saturated carbocycles. The number of nitrogens with two attached hydrogens (primary N) is 1. The summed E-state index contributed by atoms with van der Waals surface area (Å²) in [7, 11) is 1.40. The van der Waals surface area contributed by atoms with E-state index in [1.165, 1.54) is 19.2 Å². The van der Waals surface area contributed by atoms with Gasteiger partial charge < -0.3 is 25.2 Å². The molecule has 2 aromatic heterocycles. The summed E-state index contributed by atoms with van der Waals surface area (Å²) in [6, 6.07) is 6.20. The molecule has 1 amide bonds. The summed E-state index contributed by atoms with van der Waals surface area (Å²) in [5, 5.41) is 6.44. The maximum absolute atomic E-state index is 14.2. The van der Waals surface area contributed by atoms with Crippen LogP contribution in [-0.4, -0.2) is 47.3 Å². The van der Waals surface area contributed by atoms with Crippen LogP contribution in [0.5, 0.6) is 5.75 Å². The SMILES string of the molecule is COc1cccc(F)c1-c1nc(C(=O)Nc2cnccc2N2CCC[C@H](N)C2)no1.Cl.Cl. The minimum absolute atomic E-state index is 0. The Morgan fingerprint density at radius 2 is 2.16 bits per heavy atom. The van der Waals surface area contributed by atoms with Crippen LogP contribution in [0.15, 0.2) is 41.2 Å². The predicted octanol–water partition coefficient (Wildman–Crippen LogP) is 3.30. The topological polar surface area (TPSA) is 119 Å². The summed E-state index contributed by atoms with van der Waals surface area (Å²) in [6.07, 6.45) is 5.14. The van der Waals surface area contributed by atoms with E-state index in [4.69, 9.17) is 15.0 Å². The Morgan fingerprint density at radius 3 is 2.91 bits per heavy atom. The zero-order valence-corrected chi connectivity index (χ0v) is 18.8. The molecule has 3 N–H and O–H groups in total. The number of anilines is 2. The molecule has 1 fully saturated rings. The lowest BCUT2D eigenvalue weighted by Gasteiger charge is -2.33. The molecule has 1 aromatic carbocycles. The van der Waals surface area contributed by atoms with Crippen LogP contribution in [0.3, 0.4) is 0 Å². The first-order chi connectivity index (χ1) is 14.6. The van der Waals surface area contributed by atoms with Crippen LogP contribution in [0.4, 0.5) is 15.8 Å². The second kappa shape index (κ2) is 11.1. The summed E-state index contributed by atoms with van der Waals surface area (Å²) in [6.45, 7) is 1.52. The summed E-state index contributed by atoms with van der Waals surface area (Å²) >= 11 is 0. The quantitative estimate of drug-likeness (QED) is 0.565. The molecule has 3 heterocycles. The largest absolute Gasteiger partial charge is 0.496 e. The molecule has 172 valence electrons. The van der Waals surface area contributed by atoms with E-state index in [1.807, 2.05) is 6.07 Å². The smallest absolute Gasteiger partial charge is 0.297 e. The number of nitrogens with one attached hydrogen (secondary N) is 1. The highest BCUT2D eigenvalue weighted by molar-refractivity contribution is 6.03. The fraction of sp³-hybridized carbons (Fsp3) is 0.300. The van der Waals surface area contributed by atoms with Gasteiger partial charge in [0.1, 0.15) is 17.1 Å². The number of rotatable bonds is 5. The van der Waals surface area contributed by atoms with Crippen molar-refractivity contribution in [3.05, 3.63) is 48.3 Å². The second-order valence-corrected chi connectivity index (χ2v) is 6.94. The van der Waals surface area contributed by atoms with Crippen LogP contribution in [0, 0.1) is 5.82 Å². The highest BCUT2D eigenvalue weighted by atomic mass is 35.5. The number of amides is 1. The van der Waals surface area contributed by atoms with Crippen LogP contribution in [0.25, 0.3) is 11.5 Å². The van der Waals surface area contributed by atoms with Crippen LogP contribution in [0.2, 0.25) is 0 Å². The number of carbonyl (C=O) groups excluding carboxylic acids is 1. The molecule has 0 spiro atoms. The maximum Gasteiger partial charge on any atom is 0.297 e. The highest BCUT2D eigenvalue weighted by Crippen LogP contribution is 2.31. The Hall–Kier alpha value is -2.95. The van der Waals surface area contributed by atoms with Gasteiger partial charge in [0, 0.05) is 25.3 Å². The third-order valence-corrected chi connectivity index (χ3v) is 4.88. The zero-order chi connectivity index (χ0) is 21.1. The van der Waals surface area contributed by atoms with Crippen molar-refractivity contribution in [3.8, 4) is 17.2 Å². The van der Waals surface area contributed by atoms with Crippen molar-refractivity contribution in [2.45, 2.75) is 18.9 Å². The first-order valence-corrected chi connectivity index (χ1v) is 9.49. The van der Waals surface area contributed by atoms with Gasteiger partial charge in [-0.15, -0.1) is 24.8 Å². The Morgan fingerprint density at radius 1 is 1.34 bits per heavy atom. The number of halogens is 3. The van der Waals surface area contributed by atoms with Gasteiger partial charge in [-0.3, -0.25) is 9.78 Å². The molecule has 4 rings (SSSR count). The fourth-order valence-electron chi connectivity index (χ4n) is 3.47. The molecule has 1 saturated heterocycles. The summed E-state index contributed by atoms with van der Waals surface area (Å²) in [4.78, 5) is 22.9. The van der Waals surface area contributed by atoms with Gasteiger partial charge in [-0.05, 0) is 31.0 Å². The van der Waals surface area contributed by atoms with Gasteiger partial charge in [0.05, 0.1) is 24.7 Å². The number of ether oxygens (including phenoxy) is 1. The summed E-state index contributed by atoms with van der Waals surface area (Å²) in [5.74, 6) is -1.36. The lowest BCUT2D eigenvalue weighted by atomic mass is 10.1. The van der Waals surface area contributed by atoms with Gasteiger partial charge in [-0.1, -0.05) is 11.2 Å². The average Bonchev–Trinajstić information content (AvgIpc) is 3.24. The van der Waals surface area contributed by atoms with Gasteiger partial charge in [0.25, 0.3) is 17.6 Å². The first-order valence-electron chi connectivity index (χ1n) is 9.49. The second-order valence-electron chi connectivity index (χ2n) is 6.94. The van der Waals surface area contributed by atoms with E-state index >= 15 is 0 Å². The van der Waals surface area contributed by atoms with E-state index in [9.17, 15) is 9.18 Å². The third-order valence-electron chi connectivity index (χ3n) is 4.88. The molecule has 0 radical (unpaired) electrons. The molecule has 0 unspecified atom stereocenters. The number of benzene rings is 1. The van der Waals surface area contributed by atoms with Crippen LogP contribution in [0.1, 0.15) is 23.5 Å². The first kappa shape index (κ1) is 25.3. The molecular formula is C20H23Cl2FN6O3. The molecular weight excluding hydrogens is 462 g/mol. The minimum Gasteiger partial charge on any atom is -0.496 e. The van der Waals surface area contributed by atoms with Gasteiger partial charge in [0.2, 0.25) is 0 Å². The highest BCUT2D eigenvalue weighted by Gasteiger charge is 2.24. The summed E-state index contributed by atoms with van der Waals surface area (Å²) < 4.78 is 24.5. The Kier molecular flexibility index (Phi) is 8.76. The lowest BCUT2D eigenvalue weighted by Crippen LogP contribution is -2.43. The van der Waals surface area contributed by atoms with Crippen molar-refractivity contribution in [1.29, 1.82) is 0 Å². The number of hydrogen-bond donors (Lipinski definition) is 2. The molecule has 9 nitrogen and oxygen atoms in total. The van der Waals surface area contributed by atoms with E-state index in [2.05, 4.69) is 25.3 Å². The van der Waals surface area contributed by atoms with Gasteiger partial charge in [-0.2, -0.15) is 4.98 Å². The molecule has 1 aliphatic rings. The number of carbonyl (C=O) groups is 1. The number of piperidine rings is 1. The number of aromatic nitrogens is 3. The van der Waals surface area contributed by atoms with Crippen molar-refractivity contribution < 1.29 is 18.4 Å². The standard InChI is InChI=1S/C20H21FN6O3.2ClH/c1-29-16-6-2-5-13(21)17(16)20-25-18(26-30-20)19(28)24-14-10-23-8-7-15(14)27-9-3-4-12(22)11-27;;/h2,5-8,10,12H,3-4,9,11,22H2,1H3,(H,24,28);2*1H/t12-;;/m0../s1. The molecule has 0 bridgehead atoms. The minimum atomic E-state index is -0.601. The molecule has 32 heavy (non-hydrogen) atoms. The normalized spacial score (nSPS) is 15.3. The van der Waals surface area contributed by atoms with Crippen molar-refractivity contribution >= 4 is 42.1 Å². The molecule has 0 aliphatic carbocycles. The average molecular weight is 485 g/mol. The predicted molar refractivity (Wildman–Crippen MR) is 122 cm³/mol. The molecule has 3 aromatic rings. The molecule has 1 atom stereocenters. The summed E-state index contributed by atoms with van der Waals surface area (Å²) in [5.41, 5.74) is 7.40. The Labute approximate surface area is 196 Å². The van der Waals surface area contributed by atoms with Crippen LogP contribution in [-0.2, 0) is 0 Å². The van der Waals surface area contributed by atoms with E-state index in [1.54, 1.807) is 18.5 Å². The maximum atomic E-state index is 14.2. The Bertz CT molecular complexity index is 1070. The van der Waals surface area contributed by atoms with E-state index in [-0.39, 0.29) is 53.9 Å². The van der Waals surface area contributed by atoms with Gasteiger partial charge in [-0.25, -0.2) is 4.39 Å². The van der Waals surface area contributed by atoms with Crippen molar-refractivity contribution in [2.24, 2.45) is 5.73 Å². The van der Waals surface area contributed by atoms with E-state index < -0.39 is 11.7 Å². The van der Waals surface area contributed by atoms with E-state index in [0.29, 0.717) is 12.2 Å². The number of nitrogens with zero attached hydrogens (tertiary/aromatic N) is 4. The fourth-order valence-corrected chi connectivity index (χ4v) is 3.47. The number of hydrogen-bond acceptors (Lipinski definition) is 8. The lowest BCUT2D eigenvalue weighted by molar-refractivity contribution is 0.101. The Balaban J connectivity index is 0.00000181. The van der Waals surface area contributed by atoms with Crippen LogP contribution < -0.4 is 20.7 Å². The van der Waals surface area contributed by atoms with Gasteiger partial charge >= 0.3 is 0 Å². The number of methoxy groups -OCH3 is 1. The molecule has 1 aliphatic heterocycles. The van der Waals surface area contributed by atoms with Gasteiger partial charge in [0.15, 0.2) is 0 Å². The monoisotopic (exact) mass is 484 g/mol.